The Morgan fingerprint density at radius 3 is 2.50 bits per heavy atom. The maximum absolute atomic E-state index is 11.5. The van der Waals surface area contributed by atoms with Gasteiger partial charge in [0.05, 0.1) is 6.54 Å². The number of nitrogens with one attached hydrogen (secondary N) is 2. The van der Waals surface area contributed by atoms with Gasteiger partial charge in [-0.05, 0) is 12.8 Å². The summed E-state index contributed by atoms with van der Waals surface area (Å²) < 4.78 is 0. The highest BCUT2D eigenvalue weighted by atomic mass is 16.4. The van der Waals surface area contributed by atoms with Gasteiger partial charge in [0.25, 0.3) is 0 Å². The largest absolute Gasteiger partial charge is 0.480 e. The Balaban J connectivity index is 2.03. The van der Waals surface area contributed by atoms with E-state index in [2.05, 4.69) is 10.6 Å². The standard InChI is InChI=1S/C11H20N2O3/c14-10(6-7-12-8-11(15)16)13-9-4-2-1-3-5-9/h9,12H,1-8H2,(H,13,14)(H,15,16). The van der Waals surface area contributed by atoms with Gasteiger partial charge < -0.3 is 15.7 Å². The minimum Gasteiger partial charge on any atom is -0.480 e. The van der Waals surface area contributed by atoms with Crippen molar-refractivity contribution in [2.24, 2.45) is 0 Å². The second kappa shape index (κ2) is 7.22. The van der Waals surface area contributed by atoms with Gasteiger partial charge in [-0.3, -0.25) is 9.59 Å². The number of rotatable bonds is 6. The van der Waals surface area contributed by atoms with E-state index in [1.54, 1.807) is 0 Å². The smallest absolute Gasteiger partial charge is 0.317 e. The van der Waals surface area contributed by atoms with Crippen LogP contribution in [0.5, 0.6) is 0 Å². The van der Waals surface area contributed by atoms with Gasteiger partial charge in [0.1, 0.15) is 0 Å². The van der Waals surface area contributed by atoms with Crippen molar-refractivity contribution < 1.29 is 14.7 Å². The Hall–Kier alpha value is -1.10. The van der Waals surface area contributed by atoms with Gasteiger partial charge in [0.15, 0.2) is 0 Å². The molecule has 0 saturated heterocycles. The normalized spacial score (nSPS) is 17.0. The summed E-state index contributed by atoms with van der Waals surface area (Å²) in [6, 6.07) is 0.334. The Labute approximate surface area is 95.6 Å². The molecule has 0 aromatic rings. The Bertz CT molecular complexity index is 237. The summed E-state index contributed by atoms with van der Waals surface area (Å²) in [5.74, 6) is -0.877. The van der Waals surface area contributed by atoms with Crippen LogP contribution in [0.3, 0.4) is 0 Å². The van der Waals surface area contributed by atoms with E-state index in [4.69, 9.17) is 5.11 Å². The zero-order valence-electron chi connectivity index (χ0n) is 9.50. The molecule has 0 aromatic heterocycles. The average molecular weight is 228 g/mol. The molecule has 1 rings (SSSR count). The first-order valence-electron chi connectivity index (χ1n) is 5.90. The van der Waals surface area contributed by atoms with Gasteiger partial charge in [0, 0.05) is 19.0 Å². The van der Waals surface area contributed by atoms with E-state index in [0.717, 1.165) is 12.8 Å². The molecule has 0 unspecified atom stereocenters. The molecule has 16 heavy (non-hydrogen) atoms. The Kier molecular flexibility index (Phi) is 5.85. The first-order valence-corrected chi connectivity index (χ1v) is 5.90. The topological polar surface area (TPSA) is 78.4 Å². The van der Waals surface area contributed by atoms with Crippen LogP contribution in [-0.2, 0) is 9.59 Å². The first-order chi connectivity index (χ1) is 7.68. The zero-order chi connectivity index (χ0) is 11.8. The SMILES string of the molecule is O=C(O)CNCCC(=O)NC1CCCCC1. The molecule has 0 aromatic carbocycles. The van der Waals surface area contributed by atoms with Gasteiger partial charge in [-0.1, -0.05) is 19.3 Å². The van der Waals surface area contributed by atoms with Gasteiger partial charge >= 0.3 is 5.97 Å². The lowest BCUT2D eigenvalue weighted by Gasteiger charge is -2.22. The van der Waals surface area contributed by atoms with Crippen LogP contribution in [0.1, 0.15) is 38.5 Å². The molecule has 0 heterocycles. The lowest BCUT2D eigenvalue weighted by molar-refractivity contribution is -0.136. The van der Waals surface area contributed by atoms with Crippen LogP contribution in [0.2, 0.25) is 0 Å². The maximum Gasteiger partial charge on any atom is 0.317 e. The Morgan fingerprint density at radius 2 is 1.88 bits per heavy atom. The van der Waals surface area contributed by atoms with E-state index in [-0.39, 0.29) is 12.5 Å². The fourth-order valence-electron chi connectivity index (χ4n) is 1.94. The second-order valence-electron chi connectivity index (χ2n) is 4.22. The van der Waals surface area contributed by atoms with Crippen molar-refractivity contribution in [3.05, 3.63) is 0 Å². The van der Waals surface area contributed by atoms with E-state index in [0.29, 0.717) is 19.0 Å². The predicted molar refractivity (Wildman–Crippen MR) is 60.1 cm³/mol. The number of carbonyl (C=O) groups excluding carboxylic acids is 1. The number of carboxylic acid groups (broad SMARTS) is 1. The first kappa shape index (κ1) is 13.0. The number of carbonyl (C=O) groups is 2. The molecule has 1 saturated carbocycles. The van der Waals surface area contributed by atoms with Crippen molar-refractivity contribution >= 4 is 11.9 Å². The average Bonchev–Trinajstić information content (AvgIpc) is 2.25. The van der Waals surface area contributed by atoms with E-state index >= 15 is 0 Å². The van der Waals surface area contributed by atoms with Crippen LogP contribution in [-0.4, -0.2) is 36.1 Å². The molecule has 0 aliphatic heterocycles. The molecule has 3 N–H and O–H groups in total. The Morgan fingerprint density at radius 1 is 1.19 bits per heavy atom. The van der Waals surface area contributed by atoms with Crippen molar-refractivity contribution in [3.63, 3.8) is 0 Å². The molecule has 1 aliphatic carbocycles. The van der Waals surface area contributed by atoms with Crippen molar-refractivity contribution in [3.8, 4) is 0 Å². The highest BCUT2D eigenvalue weighted by Crippen LogP contribution is 2.17. The van der Waals surface area contributed by atoms with Crippen LogP contribution >= 0.6 is 0 Å². The number of aliphatic carboxylic acids is 1. The molecule has 1 amide bonds. The fourth-order valence-corrected chi connectivity index (χ4v) is 1.94. The van der Waals surface area contributed by atoms with Gasteiger partial charge in [-0.2, -0.15) is 0 Å². The monoisotopic (exact) mass is 228 g/mol. The molecular weight excluding hydrogens is 208 g/mol. The minimum absolute atomic E-state index is 0.0183. The van der Waals surface area contributed by atoms with Crippen LogP contribution in [0.15, 0.2) is 0 Å². The summed E-state index contributed by atoms with van der Waals surface area (Å²) in [6.45, 7) is 0.335. The molecule has 0 atom stereocenters. The zero-order valence-corrected chi connectivity index (χ0v) is 9.50. The third-order valence-corrected chi connectivity index (χ3v) is 2.78. The molecule has 5 nitrogen and oxygen atoms in total. The maximum atomic E-state index is 11.5. The third-order valence-electron chi connectivity index (χ3n) is 2.78. The van der Waals surface area contributed by atoms with E-state index in [1.807, 2.05) is 0 Å². The van der Waals surface area contributed by atoms with Crippen molar-refractivity contribution in [1.82, 2.24) is 10.6 Å². The van der Waals surface area contributed by atoms with Crippen LogP contribution in [0, 0.1) is 0 Å². The summed E-state index contributed by atoms with van der Waals surface area (Å²) in [5, 5.41) is 14.0. The number of hydrogen-bond acceptors (Lipinski definition) is 3. The van der Waals surface area contributed by atoms with Gasteiger partial charge in [0.2, 0.25) is 5.91 Å². The van der Waals surface area contributed by atoms with E-state index in [9.17, 15) is 9.59 Å². The van der Waals surface area contributed by atoms with Gasteiger partial charge in [-0.25, -0.2) is 0 Å². The lowest BCUT2D eigenvalue weighted by Crippen LogP contribution is -2.37. The highest BCUT2D eigenvalue weighted by molar-refractivity contribution is 5.76. The second-order valence-corrected chi connectivity index (χ2v) is 4.22. The number of carboxylic acids is 1. The van der Waals surface area contributed by atoms with Crippen molar-refractivity contribution in [2.75, 3.05) is 13.1 Å². The molecule has 1 fully saturated rings. The highest BCUT2D eigenvalue weighted by Gasteiger charge is 2.15. The number of amides is 1. The minimum atomic E-state index is -0.896. The van der Waals surface area contributed by atoms with Crippen LogP contribution in [0.25, 0.3) is 0 Å². The predicted octanol–water partition coefficient (Wildman–Crippen LogP) is 0.500. The fraction of sp³-hybridized carbons (Fsp3) is 0.818. The van der Waals surface area contributed by atoms with E-state index in [1.165, 1.54) is 19.3 Å². The molecule has 1 aliphatic rings. The van der Waals surface area contributed by atoms with Crippen LogP contribution in [0.4, 0.5) is 0 Å². The van der Waals surface area contributed by atoms with Crippen molar-refractivity contribution in [1.29, 1.82) is 0 Å². The molecule has 5 heteroatoms. The summed E-state index contributed by atoms with van der Waals surface area (Å²) in [6.07, 6.45) is 6.17. The van der Waals surface area contributed by atoms with Crippen molar-refractivity contribution in [2.45, 2.75) is 44.6 Å². The molecule has 92 valence electrons. The summed E-state index contributed by atoms with van der Waals surface area (Å²) in [4.78, 5) is 21.7. The molecular formula is C11H20N2O3. The van der Waals surface area contributed by atoms with Crippen LogP contribution < -0.4 is 10.6 Å². The summed E-state index contributed by atoms with van der Waals surface area (Å²) in [5.41, 5.74) is 0. The summed E-state index contributed by atoms with van der Waals surface area (Å²) >= 11 is 0. The van der Waals surface area contributed by atoms with E-state index < -0.39 is 5.97 Å². The third kappa shape index (κ3) is 5.70. The lowest BCUT2D eigenvalue weighted by atomic mass is 9.95. The molecule has 0 spiro atoms. The quantitative estimate of drug-likeness (QED) is 0.578. The van der Waals surface area contributed by atoms with Gasteiger partial charge in [-0.15, -0.1) is 0 Å². The molecule has 0 radical (unpaired) electrons. The summed E-state index contributed by atoms with van der Waals surface area (Å²) in [7, 11) is 0. The molecule has 0 bridgehead atoms. The number of hydrogen-bond donors (Lipinski definition) is 3.